The average Bonchev–Trinajstić information content (AvgIpc) is 3.08. The number of hydrogen-bond donors (Lipinski definition) is 2. The number of nitrogens with zero attached hydrogens (tertiary/aromatic N) is 4. The fourth-order valence-electron chi connectivity index (χ4n) is 2.59. The van der Waals surface area contributed by atoms with Gasteiger partial charge in [0.25, 0.3) is 0 Å². The zero-order chi connectivity index (χ0) is 19.0. The molecule has 142 valence electrons. The summed E-state index contributed by atoms with van der Waals surface area (Å²) in [4.78, 5) is 4.65. The molecule has 0 spiro atoms. The van der Waals surface area contributed by atoms with E-state index in [1.807, 2.05) is 41.8 Å². The predicted molar refractivity (Wildman–Crippen MR) is 104 cm³/mol. The van der Waals surface area contributed by atoms with Crippen molar-refractivity contribution < 1.29 is 4.74 Å². The number of nitrogens with one attached hydrogen (secondary N) is 2. The van der Waals surface area contributed by atoms with Gasteiger partial charge >= 0.3 is 0 Å². The number of hydrogen-bond acceptors (Lipinski definition) is 4. The number of aromatic nitrogens is 3. The molecule has 0 aliphatic carbocycles. The van der Waals surface area contributed by atoms with E-state index in [2.05, 4.69) is 46.6 Å². The number of rotatable bonds is 7. The third-order valence-corrected chi connectivity index (χ3v) is 4.08. The van der Waals surface area contributed by atoms with E-state index in [0.717, 1.165) is 24.0 Å². The van der Waals surface area contributed by atoms with E-state index in [4.69, 9.17) is 4.74 Å². The van der Waals surface area contributed by atoms with Gasteiger partial charge in [0.05, 0.1) is 6.10 Å². The third-order valence-electron chi connectivity index (χ3n) is 4.08. The summed E-state index contributed by atoms with van der Waals surface area (Å²) in [5.41, 5.74) is 1.07. The molecule has 2 rings (SSSR count). The fraction of sp³-hybridized carbons (Fsp3) is 0.526. The molecule has 1 aromatic heterocycles. The monoisotopic (exact) mass is 358 g/mol. The van der Waals surface area contributed by atoms with Crippen LogP contribution >= 0.6 is 0 Å². The van der Waals surface area contributed by atoms with Gasteiger partial charge in [-0.25, -0.2) is 4.99 Å². The molecule has 0 amide bonds. The van der Waals surface area contributed by atoms with Crippen molar-refractivity contribution in [2.75, 3.05) is 20.2 Å². The van der Waals surface area contributed by atoms with Crippen LogP contribution in [0.5, 0.6) is 0 Å². The first-order valence-corrected chi connectivity index (χ1v) is 8.95. The van der Waals surface area contributed by atoms with Crippen molar-refractivity contribution in [3.05, 3.63) is 42.5 Å². The van der Waals surface area contributed by atoms with Crippen molar-refractivity contribution in [2.24, 2.45) is 10.4 Å². The quantitative estimate of drug-likeness (QED) is 0.587. The Morgan fingerprint density at radius 2 is 1.96 bits per heavy atom. The summed E-state index contributed by atoms with van der Waals surface area (Å²) in [5.74, 6) is 1.52. The number of guanidine groups is 1. The summed E-state index contributed by atoms with van der Waals surface area (Å²) in [6.45, 7) is 10.4. The summed E-state index contributed by atoms with van der Waals surface area (Å²) in [6.07, 6.45) is 1.79. The highest BCUT2D eigenvalue weighted by Crippen LogP contribution is 2.20. The van der Waals surface area contributed by atoms with E-state index in [0.29, 0.717) is 13.1 Å². The highest BCUT2D eigenvalue weighted by Gasteiger charge is 2.24. The molecule has 7 nitrogen and oxygen atoms in total. The van der Waals surface area contributed by atoms with Crippen LogP contribution in [0, 0.1) is 5.41 Å². The summed E-state index contributed by atoms with van der Waals surface area (Å²) in [6, 6.07) is 10.0. The molecular weight excluding hydrogens is 328 g/mol. The molecule has 0 saturated carbocycles. The lowest BCUT2D eigenvalue weighted by atomic mass is 9.89. The van der Waals surface area contributed by atoms with Crippen LogP contribution in [0.25, 0.3) is 5.69 Å². The van der Waals surface area contributed by atoms with Crippen molar-refractivity contribution >= 4 is 5.96 Å². The number of ether oxygens (including phenoxy) is 1. The van der Waals surface area contributed by atoms with Gasteiger partial charge in [-0.2, -0.15) is 0 Å². The molecule has 0 fully saturated rings. The molecule has 1 heterocycles. The van der Waals surface area contributed by atoms with Gasteiger partial charge < -0.3 is 15.4 Å². The summed E-state index contributed by atoms with van der Waals surface area (Å²) in [7, 11) is 1.74. The van der Waals surface area contributed by atoms with Crippen LogP contribution in [-0.4, -0.2) is 47.0 Å². The Hall–Kier alpha value is -2.41. The molecular formula is C19H30N6O. The van der Waals surface area contributed by atoms with Crippen LogP contribution in [0.4, 0.5) is 0 Å². The standard InChI is InChI=1S/C19H30N6O/c1-6-20-18(21-12-16(26-5)19(2,3)4)22-13-17-24-23-14-25(17)15-10-8-7-9-11-15/h7-11,14,16H,6,12-13H2,1-5H3,(H2,20,21,22). The van der Waals surface area contributed by atoms with Gasteiger partial charge in [0.2, 0.25) is 0 Å². The summed E-state index contributed by atoms with van der Waals surface area (Å²) < 4.78 is 7.54. The predicted octanol–water partition coefficient (Wildman–Crippen LogP) is 2.38. The van der Waals surface area contributed by atoms with Crippen molar-refractivity contribution in [1.29, 1.82) is 0 Å². The maximum atomic E-state index is 5.60. The molecule has 2 N–H and O–H groups in total. The smallest absolute Gasteiger partial charge is 0.191 e. The Morgan fingerprint density at radius 3 is 2.58 bits per heavy atom. The van der Waals surface area contributed by atoms with Crippen LogP contribution in [0.3, 0.4) is 0 Å². The summed E-state index contributed by atoms with van der Waals surface area (Å²) >= 11 is 0. The van der Waals surface area contributed by atoms with Gasteiger partial charge in [-0.1, -0.05) is 39.0 Å². The minimum atomic E-state index is 0.0482. The molecule has 0 bridgehead atoms. The van der Waals surface area contributed by atoms with Crippen molar-refractivity contribution in [2.45, 2.75) is 40.3 Å². The zero-order valence-corrected chi connectivity index (χ0v) is 16.4. The first-order chi connectivity index (χ1) is 12.5. The van der Waals surface area contributed by atoms with Gasteiger partial charge in [-0.3, -0.25) is 4.57 Å². The topological polar surface area (TPSA) is 76.4 Å². The Labute approximate surface area is 155 Å². The Balaban J connectivity index is 2.07. The summed E-state index contributed by atoms with van der Waals surface area (Å²) in [5, 5.41) is 14.8. The third kappa shape index (κ3) is 5.56. The first-order valence-electron chi connectivity index (χ1n) is 8.95. The van der Waals surface area contributed by atoms with Crippen molar-refractivity contribution in [1.82, 2.24) is 25.4 Å². The number of benzene rings is 1. The number of aliphatic imine (C=N–C) groups is 1. The lowest BCUT2D eigenvalue weighted by Gasteiger charge is -2.30. The molecule has 26 heavy (non-hydrogen) atoms. The lowest BCUT2D eigenvalue weighted by molar-refractivity contribution is 0.0205. The van der Waals surface area contributed by atoms with E-state index in [-0.39, 0.29) is 11.5 Å². The average molecular weight is 358 g/mol. The van der Waals surface area contributed by atoms with Gasteiger partial charge in [-0.05, 0) is 24.5 Å². The minimum absolute atomic E-state index is 0.0482. The molecule has 1 aromatic carbocycles. The van der Waals surface area contributed by atoms with Gasteiger partial charge in [-0.15, -0.1) is 10.2 Å². The van der Waals surface area contributed by atoms with Crippen LogP contribution in [0.15, 0.2) is 41.7 Å². The van der Waals surface area contributed by atoms with Gasteiger partial charge in [0, 0.05) is 25.9 Å². The highest BCUT2D eigenvalue weighted by molar-refractivity contribution is 5.79. The van der Waals surface area contributed by atoms with E-state index in [1.54, 1.807) is 13.4 Å². The van der Waals surface area contributed by atoms with Crippen LogP contribution in [0.2, 0.25) is 0 Å². The van der Waals surface area contributed by atoms with Crippen LogP contribution in [-0.2, 0) is 11.3 Å². The first kappa shape index (κ1) is 19.9. The van der Waals surface area contributed by atoms with Crippen molar-refractivity contribution in [3.8, 4) is 5.69 Å². The normalized spacial score (nSPS) is 13.5. The second kappa shape index (κ2) is 9.33. The number of para-hydroxylation sites is 1. The molecule has 0 radical (unpaired) electrons. The second-order valence-corrected chi connectivity index (χ2v) is 7.12. The van der Waals surface area contributed by atoms with E-state index in [1.165, 1.54) is 0 Å². The van der Waals surface area contributed by atoms with Crippen LogP contribution < -0.4 is 10.6 Å². The lowest BCUT2D eigenvalue weighted by Crippen LogP contribution is -2.45. The van der Waals surface area contributed by atoms with Crippen LogP contribution in [0.1, 0.15) is 33.5 Å². The van der Waals surface area contributed by atoms with E-state index >= 15 is 0 Å². The highest BCUT2D eigenvalue weighted by atomic mass is 16.5. The molecule has 1 atom stereocenters. The molecule has 0 aliphatic heterocycles. The Morgan fingerprint density at radius 1 is 1.23 bits per heavy atom. The molecule has 7 heteroatoms. The number of methoxy groups -OCH3 is 1. The molecule has 1 unspecified atom stereocenters. The molecule has 0 saturated heterocycles. The minimum Gasteiger partial charge on any atom is -0.379 e. The van der Waals surface area contributed by atoms with E-state index in [9.17, 15) is 0 Å². The fourth-order valence-corrected chi connectivity index (χ4v) is 2.59. The SMILES string of the molecule is CCNC(=NCc1nncn1-c1ccccc1)NCC(OC)C(C)(C)C. The Bertz CT molecular complexity index is 690. The van der Waals surface area contributed by atoms with E-state index < -0.39 is 0 Å². The van der Waals surface area contributed by atoms with Gasteiger partial charge in [0.1, 0.15) is 12.9 Å². The maximum Gasteiger partial charge on any atom is 0.191 e. The second-order valence-electron chi connectivity index (χ2n) is 7.12. The van der Waals surface area contributed by atoms with Crippen molar-refractivity contribution in [3.63, 3.8) is 0 Å². The zero-order valence-electron chi connectivity index (χ0n) is 16.4. The molecule has 0 aliphatic rings. The maximum absolute atomic E-state index is 5.60. The Kier molecular flexibility index (Phi) is 7.15. The van der Waals surface area contributed by atoms with Gasteiger partial charge in [0.15, 0.2) is 11.8 Å². The molecule has 2 aromatic rings. The largest absolute Gasteiger partial charge is 0.379 e.